The van der Waals surface area contributed by atoms with Crippen molar-refractivity contribution in [3.63, 3.8) is 0 Å². The van der Waals surface area contributed by atoms with Crippen LogP contribution in [-0.4, -0.2) is 35.4 Å². The van der Waals surface area contributed by atoms with E-state index in [0.29, 0.717) is 17.2 Å². The first-order valence-corrected chi connectivity index (χ1v) is 13.1. The van der Waals surface area contributed by atoms with Crippen LogP contribution in [0.15, 0.2) is 78.9 Å². The van der Waals surface area contributed by atoms with Crippen molar-refractivity contribution >= 4 is 23.4 Å². The van der Waals surface area contributed by atoms with Crippen molar-refractivity contribution in [3.8, 4) is 5.75 Å². The molecule has 1 N–H and O–H groups in total. The Labute approximate surface area is 222 Å². The molecule has 7 heteroatoms. The van der Waals surface area contributed by atoms with Crippen molar-refractivity contribution in [1.29, 1.82) is 0 Å². The molecule has 1 aliphatic rings. The van der Waals surface area contributed by atoms with Crippen molar-refractivity contribution in [3.05, 3.63) is 101 Å². The first-order chi connectivity index (χ1) is 18.0. The monoisotopic (exact) mass is 522 g/mol. The van der Waals surface area contributed by atoms with E-state index < -0.39 is 6.04 Å². The van der Waals surface area contributed by atoms with Gasteiger partial charge in [-0.2, -0.15) is 0 Å². The fourth-order valence-corrected chi connectivity index (χ4v) is 4.85. The molecule has 1 fully saturated rings. The van der Waals surface area contributed by atoms with Crippen LogP contribution in [-0.2, 0) is 22.6 Å². The summed E-state index contributed by atoms with van der Waals surface area (Å²) in [7, 11) is 0. The Bertz CT molecular complexity index is 1170. The van der Waals surface area contributed by atoms with Crippen LogP contribution >= 0.6 is 11.6 Å². The molecule has 3 aromatic rings. The number of nitrogens with zero attached hydrogens (tertiary/aromatic N) is 1. The number of benzene rings is 3. The first kappa shape index (κ1) is 26.7. The maximum atomic E-state index is 13.7. The molecule has 1 saturated carbocycles. The Morgan fingerprint density at radius 1 is 0.946 bits per heavy atom. The summed E-state index contributed by atoms with van der Waals surface area (Å²) in [6.07, 6.45) is 5.57. The maximum absolute atomic E-state index is 13.7. The van der Waals surface area contributed by atoms with Crippen LogP contribution in [0.2, 0.25) is 5.02 Å². The third-order valence-corrected chi connectivity index (χ3v) is 6.88. The summed E-state index contributed by atoms with van der Waals surface area (Å²) in [6.45, 7) is -0.114. The summed E-state index contributed by atoms with van der Waals surface area (Å²) in [5.41, 5.74) is 1.67. The second-order valence-corrected chi connectivity index (χ2v) is 9.88. The molecule has 194 valence electrons. The van der Waals surface area contributed by atoms with Crippen LogP contribution < -0.4 is 10.1 Å². The zero-order valence-electron chi connectivity index (χ0n) is 20.7. The Morgan fingerprint density at radius 3 is 2.38 bits per heavy atom. The molecule has 2 amide bonds. The number of hydrogen-bond acceptors (Lipinski definition) is 3. The maximum Gasteiger partial charge on any atom is 0.261 e. The Morgan fingerprint density at radius 2 is 1.68 bits per heavy atom. The number of ether oxygens (including phenoxy) is 1. The van der Waals surface area contributed by atoms with Gasteiger partial charge in [-0.1, -0.05) is 79.4 Å². The fourth-order valence-electron chi connectivity index (χ4n) is 4.67. The molecule has 0 aliphatic heterocycles. The quantitative estimate of drug-likeness (QED) is 0.358. The molecule has 0 bridgehead atoms. The van der Waals surface area contributed by atoms with Crippen LogP contribution in [0, 0.1) is 5.82 Å². The predicted molar refractivity (Wildman–Crippen MR) is 143 cm³/mol. The van der Waals surface area contributed by atoms with E-state index in [2.05, 4.69) is 5.32 Å². The van der Waals surface area contributed by atoms with Gasteiger partial charge in [-0.05, 0) is 54.3 Å². The molecule has 0 radical (unpaired) electrons. The number of hydrogen-bond donors (Lipinski definition) is 1. The molecule has 1 aliphatic carbocycles. The van der Waals surface area contributed by atoms with Gasteiger partial charge >= 0.3 is 0 Å². The van der Waals surface area contributed by atoms with Crippen LogP contribution in [0.5, 0.6) is 5.75 Å². The summed E-state index contributed by atoms with van der Waals surface area (Å²) >= 11 is 6.06. The van der Waals surface area contributed by atoms with Crippen molar-refractivity contribution in [2.24, 2.45) is 0 Å². The lowest BCUT2D eigenvalue weighted by molar-refractivity contribution is -0.143. The summed E-state index contributed by atoms with van der Waals surface area (Å²) < 4.78 is 19.3. The number of nitrogens with one attached hydrogen (secondary N) is 1. The predicted octanol–water partition coefficient (Wildman–Crippen LogP) is 5.95. The average Bonchev–Trinajstić information content (AvgIpc) is 2.91. The molecule has 4 rings (SSSR count). The van der Waals surface area contributed by atoms with E-state index in [1.165, 1.54) is 18.6 Å². The van der Waals surface area contributed by atoms with Crippen molar-refractivity contribution in [2.75, 3.05) is 6.61 Å². The Hall–Kier alpha value is -3.38. The van der Waals surface area contributed by atoms with E-state index in [1.807, 2.05) is 30.3 Å². The van der Waals surface area contributed by atoms with Gasteiger partial charge in [0.1, 0.15) is 17.6 Å². The molecule has 0 heterocycles. The second-order valence-electron chi connectivity index (χ2n) is 9.44. The highest BCUT2D eigenvalue weighted by atomic mass is 35.5. The van der Waals surface area contributed by atoms with Gasteiger partial charge in [-0.3, -0.25) is 9.59 Å². The highest BCUT2D eigenvalue weighted by Gasteiger charge is 2.32. The summed E-state index contributed by atoms with van der Waals surface area (Å²) in [6, 6.07) is 21.8. The van der Waals surface area contributed by atoms with E-state index in [1.54, 1.807) is 41.3 Å². The van der Waals surface area contributed by atoms with Gasteiger partial charge in [-0.25, -0.2) is 4.39 Å². The lowest BCUT2D eigenvalue weighted by atomic mass is 9.94. The van der Waals surface area contributed by atoms with Gasteiger partial charge in [0.2, 0.25) is 5.91 Å². The smallest absolute Gasteiger partial charge is 0.261 e. The SMILES string of the molecule is O=C(NC1CCCCC1)[C@@H](Cc1ccccc1)N(Cc1ccc(F)cc1)C(=O)COc1cccc(Cl)c1. The average molecular weight is 523 g/mol. The molecule has 0 saturated heterocycles. The van der Waals surface area contributed by atoms with E-state index in [-0.39, 0.29) is 36.8 Å². The summed E-state index contributed by atoms with van der Waals surface area (Å²) in [5, 5.41) is 3.70. The first-order valence-electron chi connectivity index (χ1n) is 12.7. The summed E-state index contributed by atoms with van der Waals surface area (Å²) in [4.78, 5) is 28.9. The highest BCUT2D eigenvalue weighted by molar-refractivity contribution is 6.30. The van der Waals surface area contributed by atoms with Crippen LogP contribution in [0.25, 0.3) is 0 Å². The number of amides is 2. The zero-order valence-corrected chi connectivity index (χ0v) is 21.5. The molecular formula is C30H32ClFN2O3. The van der Waals surface area contributed by atoms with Gasteiger partial charge in [0, 0.05) is 24.0 Å². The molecular weight excluding hydrogens is 491 g/mol. The molecule has 3 aromatic carbocycles. The molecule has 0 unspecified atom stereocenters. The van der Waals surface area contributed by atoms with Crippen LogP contribution in [0.1, 0.15) is 43.2 Å². The molecule has 37 heavy (non-hydrogen) atoms. The highest BCUT2D eigenvalue weighted by Crippen LogP contribution is 2.21. The molecule has 0 spiro atoms. The minimum absolute atomic E-state index is 0.102. The standard InChI is InChI=1S/C30H32ClFN2O3/c31-24-10-7-13-27(19-24)37-21-29(35)34(20-23-14-16-25(32)17-15-23)28(18-22-8-3-1-4-9-22)30(36)33-26-11-5-2-6-12-26/h1,3-4,7-10,13-17,19,26,28H,2,5-6,11-12,18,20-21H2,(H,33,36)/t28-/m1/s1. The second kappa shape index (κ2) is 13.2. The minimum atomic E-state index is -0.759. The van der Waals surface area contributed by atoms with Crippen molar-refractivity contribution in [1.82, 2.24) is 10.2 Å². The normalized spacial score (nSPS) is 14.5. The largest absolute Gasteiger partial charge is 0.484 e. The van der Waals surface area contributed by atoms with Crippen LogP contribution in [0.3, 0.4) is 0 Å². The molecule has 0 aromatic heterocycles. The third kappa shape index (κ3) is 8.05. The number of carbonyl (C=O) groups excluding carboxylic acids is 2. The van der Waals surface area contributed by atoms with Crippen LogP contribution in [0.4, 0.5) is 4.39 Å². The van der Waals surface area contributed by atoms with Crippen molar-refractivity contribution < 1.29 is 18.7 Å². The van der Waals surface area contributed by atoms with Crippen molar-refractivity contribution in [2.45, 2.75) is 57.2 Å². The number of rotatable bonds is 10. The van der Waals surface area contributed by atoms with Gasteiger partial charge in [-0.15, -0.1) is 0 Å². The Balaban J connectivity index is 1.60. The van der Waals surface area contributed by atoms with E-state index >= 15 is 0 Å². The van der Waals surface area contributed by atoms with Gasteiger partial charge in [0.25, 0.3) is 5.91 Å². The van der Waals surface area contributed by atoms with Gasteiger partial charge in [0.15, 0.2) is 6.61 Å². The topological polar surface area (TPSA) is 58.6 Å². The summed E-state index contributed by atoms with van der Waals surface area (Å²) in [5.74, 6) is -0.423. The lowest BCUT2D eigenvalue weighted by Crippen LogP contribution is -2.53. The lowest BCUT2D eigenvalue weighted by Gasteiger charge is -2.33. The van der Waals surface area contributed by atoms with E-state index in [0.717, 1.165) is 36.8 Å². The number of carbonyl (C=O) groups is 2. The minimum Gasteiger partial charge on any atom is -0.484 e. The fraction of sp³-hybridized carbons (Fsp3) is 0.333. The molecule has 1 atom stereocenters. The van der Waals surface area contributed by atoms with E-state index in [9.17, 15) is 14.0 Å². The third-order valence-electron chi connectivity index (χ3n) is 6.65. The molecule has 5 nitrogen and oxygen atoms in total. The zero-order chi connectivity index (χ0) is 26.0. The van der Waals surface area contributed by atoms with E-state index in [4.69, 9.17) is 16.3 Å². The van der Waals surface area contributed by atoms with Gasteiger partial charge < -0.3 is 15.0 Å². The Kier molecular flexibility index (Phi) is 9.55. The number of halogens is 2. The van der Waals surface area contributed by atoms with Gasteiger partial charge in [0.05, 0.1) is 0 Å².